The number of nitrogens with one attached hydrogen (secondary N) is 2. The molecule has 28 heavy (non-hydrogen) atoms. The van der Waals surface area contributed by atoms with Gasteiger partial charge in [0.05, 0.1) is 0 Å². The highest BCUT2D eigenvalue weighted by molar-refractivity contribution is 6.30. The predicted octanol–water partition coefficient (Wildman–Crippen LogP) is 4.43. The fourth-order valence-electron chi connectivity index (χ4n) is 2.43. The lowest BCUT2D eigenvalue weighted by molar-refractivity contribution is 0.306. The van der Waals surface area contributed by atoms with Gasteiger partial charge in [0.2, 0.25) is 5.95 Å². The zero-order valence-electron chi connectivity index (χ0n) is 16.0. The Bertz CT molecular complexity index is 869. The Morgan fingerprint density at radius 1 is 1.00 bits per heavy atom. The molecule has 0 aliphatic carbocycles. The van der Waals surface area contributed by atoms with Crippen molar-refractivity contribution in [3.8, 4) is 5.75 Å². The monoisotopic (exact) mass is 397 g/mol. The molecule has 1 aromatic heterocycles. The number of likely N-dealkylation sites (N-methyl/N-ethyl adjacent to an activating group) is 1. The molecule has 1 heterocycles. The third-order valence-corrected chi connectivity index (χ3v) is 4.20. The van der Waals surface area contributed by atoms with Crippen molar-refractivity contribution in [2.45, 2.75) is 6.61 Å². The van der Waals surface area contributed by atoms with Crippen molar-refractivity contribution in [2.75, 3.05) is 37.8 Å². The molecule has 0 radical (unpaired) electrons. The lowest BCUT2D eigenvalue weighted by Crippen LogP contribution is -2.21. The maximum atomic E-state index is 5.90. The second kappa shape index (κ2) is 9.92. The Kier molecular flexibility index (Phi) is 7.06. The van der Waals surface area contributed by atoms with Gasteiger partial charge in [-0.05, 0) is 62.1 Å². The maximum absolute atomic E-state index is 5.90. The first kappa shape index (κ1) is 19.9. The standard InChI is InChI=1S/C21H24ClN5O/c1-27(2)14-13-24-21-23-12-11-20(26-21)25-18-7-9-19(10-8-18)28-15-16-3-5-17(22)6-4-16/h3-12H,13-15H2,1-2H3,(H2,23,24,25,26). The number of hydrogen-bond acceptors (Lipinski definition) is 6. The van der Waals surface area contributed by atoms with Crippen LogP contribution < -0.4 is 15.4 Å². The molecule has 3 rings (SSSR count). The van der Waals surface area contributed by atoms with Crippen molar-refractivity contribution in [2.24, 2.45) is 0 Å². The van der Waals surface area contributed by atoms with E-state index in [1.165, 1.54) is 0 Å². The van der Waals surface area contributed by atoms with Crippen molar-refractivity contribution in [3.63, 3.8) is 0 Å². The summed E-state index contributed by atoms with van der Waals surface area (Å²) in [6, 6.07) is 17.2. The second-order valence-corrected chi connectivity index (χ2v) is 7.00. The second-order valence-electron chi connectivity index (χ2n) is 6.56. The third-order valence-electron chi connectivity index (χ3n) is 3.94. The molecule has 2 N–H and O–H groups in total. The summed E-state index contributed by atoms with van der Waals surface area (Å²) in [5, 5.41) is 7.22. The van der Waals surface area contributed by atoms with Gasteiger partial charge in [0.25, 0.3) is 0 Å². The van der Waals surface area contributed by atoms with Crippen LogP contribution in [-0.4, -0.2) is 42.1 Å². The fourth-order valence-corrected chi connectivity index (χ4v) is 2.56. The molecule has 0 atom stereocenters. The largest absolute Gasteiger partial charge is 0.489 e. The summed E-state index contributed by atoms with van der Waals surface area (Å²) in [6.45, 7) is 2.20. The van der Waals surface area contributed by atoms with Gasteiger partial charge in [-0.25, -0.2) is 4.98 Å². The first-order valence-corrected chi connectivity index (χ1v) is 9.42. The molecule has 146 valence electrons. The molecular formula is C21H24ClN5O. The smallest absolute Gasteiger partial charge is 0.224 e. The number of rotatable bonds is 9. The molecular weight excluding hydrogens is 374 g/mol. The van der Waals surface area contributed by atoms with Crippen LogP contribution in [0.3, 0.4) is 0 Å². The molecule has 7 heteroatoms. The summed E-state index contributed by atoms with van der Waals surface area (Å²) in [5.74, 6) is 2.14. The maximum Gasteiger partial charge on any atom is 0.224 e. The van der Waals surface area contributed by atoms with Crippen molar-refractivity contribution in [1.82, 2.24) is 14.9 Å². The SMILES string of the molecule is CN(C)CCNc1nccc(Nc2ccc(OCc3ccc(Cl)cc3)cc2)n1. The van der Waals surface area contributed by atoms with Gasteiger partial charge < -0.3 is 20.3 Å². The van der Waals surface area contributed by atoms with Crippen molar-refractivity contribution in [1.29, 1.82) is 0 Å². The molecule has 0 bridgehead atoms. The number of aromatic nitrogens is 2. The van der Waals surface area contributed by atoms with Gasteiger partial charge in [-0.3, -0.25) is 0 Å². The van der Waals surface area contributed by atoms with Crippen LogP contribution in [-0.2, 0) is 6.61 Å². The van der Waals surface area contributed by atoms with Crippen molar-refractivity contribution >= 4 is 29.1 Å². The fraction of sp³-hybridized carbons (Fsp3) is 0.238. The third kappa shape index (κ3) is 6.40. The molecule has 0 saturated heterocycles. The van der Waals surface area contributed by atoms with Gasteiger partial charge >= 0.3 is 0 Å². The summed E-state index contributed by atoms with van der Waals surface area (Å²) in [4.78, 5) is 10.8. The van der Waals surface area contributed by atoms with E-state index in [1.54, 1.807) is 6.20 Å². The van der Waals surface area contributed by atoms with Crippen LogP contribution in [0.5, 0.6) is 5.75 Å². The summed E-state index contributed by atoms with van der Waals surface area (Å²) < 4.78 is 5.81. The van der Waals surface area contributed by atoms with E-state index in [1.807, 2.05) is 68.7 Å². The average Bonchev–Trinajstić information content (AvgIpc) is 2.69. The Morgan fingerprint density at radius 2 is 1.75 bits per heavy atom. The highest BCUT2D eigenvalue weighted by Crippen LogP contribution is 2.20. The molecule has 6 nitrogen and oxygen atoms in total. The van der Waals surface area contributed by atoms with Gasteiger partial charge in [0.1, 0.15) is 18.2 Å². The molecule has 0 aliphatic heterocycles. The Hall–Kier alpha value is -2.83. The van der Waals surface area contributed by atoms with E-state index in [0.717, 1.165) is 40.9 Å². The summed E-state index contributed by atoms with van der Waals surface area (Å²) in [7, 11) is 4.06. The number of nitrogens with zero attached hydrogens (tertiary/aromatic N) is 3. The molecule has 0 amide bonds. The highest BCUT2D eigenvalue weighted by atomic mass is 35.5. The molecule has 0 saturated carbocycles. The van der Waals surface area contributed by atoms with E-state index in [0.29, 0.717) is 12.6 Å². The number of ether oxygens (including phenoxy) is 1. The van der Waals surface area contributed by atoms with Crippen molar-refractivity contribution in [3.05, 3.63) is 71.4 Å². The normalized spacial score (nSPS) is 10.7. The van der Waals surface area contributed by atoms with Gasteiger partial charge in [0.15, 0.2) is 0 Å². The van der Waals surface area contributed by atoms with E-state index in [9.17, 15) is 0 Å². The molecule has 0 fully saturated rings. The van der Waals surface area contributed by atoms with Crippen LogP contribution >= 0.6 is 11.6 Å². The van der Waals surface area contributed by atoms with E-state index >= 15 is 0 Å². The van der Waals surface area contributed by atoms with Crippen LogP contribution in [0.4, 0.5) is 17.5 Å². The minimum atomic E-state index is 0.498. The topological polar surface area (TPSA) is 62.3 Å². The first-order valence-electron chi connectivity index (χ1n) is 9.04. The highest BCUT2D eigenvalue weighted by Gasteiger charge is 2.02. The predicted molar refractivity (Wildman–Crippen MR) is 115 cm³/mol. The van der Waals surface area contributed by atoms with Crippen LogP contribution in [0.2, 0.25) is 5.02 Å². The van der Waals surface area contributed by atoms with E-state index in [2.05, 4.69) is 25.5 Å². The zero-order valence-corrected chi connectivity index (χ0v) is 16.8. The molecule has 0 aliphatic rings. The van der Waals surface area contributed by atoms with E-state index < -0.39 is 0 Å². The minimum absolute atomic E-state index is 0.498. The Balaban J connectivity index is 1.53. The molecule has 0 unspecified atom stereocenters. The molecule has 2 aromatic carbocycles. The van der Waals surface area contributed by atoms with Gasteiger partial charge in [-0.2, -0.15) is 4.98 Å². The van der Waals surface area contributed by atoms with Crippen molar-refractivity contribution < 1.29 is 4.74 Å². The minimum Gasteiger partial charge on any atom is -0.489 e. The number of hydrogen-bond donors (Lipinski definition) is 2. The summed E-state index contributed by atoms with van der Waals surface area (Å²) in [6.07, 6.45) is 1.73. The number of benzene rings is 2. The lowest BCUT2D eigenvalue weighted by Gasteiger charge is -2.11. The van der Waals surface area contributed by atoms with Gasteiger partial charge in [-0.15, -0.1) is 0 Å². The lowest BCUT2D eigenvalue weighted by atomic mass is 10.2. The average molecular weight is 398 g/mol. The van der Waals surface area contributed by atoms with E-state index in [4.69, 9.17) is 16.3 Å². The zero-order chi connectivity index (χ0) is 19.8. The number of halogens is 1. The molecule has 0 spiro atoms. The van der Waals surface area contributed by atoms with Crippen LogP contribution in [0.25, 0.3) is 0 Å². The first-order chi connectivity index (χ1) is 13.6. The summed E-state index contributed by atoms with van der Waals surface area (Å²) in [5.41, 5.74) is 2.00. The number of anilines is 3. The van der Waals surface area contributed by atoms with Crippen LogP contribution in [0, 0.1) is 0 Å². The van der Waals surface area contributed by atoms with Gasteiger partial charge in [0, 0.05) is 30.0 Å². The van der Waals surface area contributed by atoms with Crippen LogP contribution in [0.1, 0.15) is 5.56 Å². The Labute approximate surface area is 170 Å². The summed E-state index contributed by atoms with van der Waals surface area (Å²) >= 11 is 5.90. The Morgan fingerprint density at radius 3 is 2.46 bits per heavy atom. The van der Waals surface area contributed by atoms with E-state index in [-0.39, 0.29) is 0 Å². The van der Waals surface area contributed by atoms with Gasteiger partial charge in [-0.1, -0.05) is 23.7 Å². The molecule has 3 aromatic rings. The quantitative estimate of drug-likeness (QED) is 0.557. The van der Waals surface area contributed by atoms with Crippen LogP contribution in [0.15, 0.2) is 60.8 Å².